The fourth-order valence-electron chi connectivity index (χ4n) is 3.48. The summed E-state index contributed by atoms with van der Waals surface area (Å²) >= 11 is 0. The topological polar surface area (TPSA) is 90.5 Å². The van der Waals surface area contributed by atoms with Gasteiger partial charge in [-0.25, -0.2) is 4.79 Å². The molecule has 1 unspecified atom stereocenters. The molecule has 128 valence electrons. The summed E-state index contributed by atoms with van der Waals surface area (Å²) < 4.78 is 0. The number of urea groups is 1. The van der Waals surface area contributed by atoms with Crippen LogP contribution >= 0.6 is 0 Å². The van der Waals surface area contributed by atoms with E-state index in [1.165, 1.54) is 0 Å². The van der Waals surface area contributed by atoms with E-state index in [-0.39, 0.29) is 30.4 Å². The highest BCUT2D eigenvalue weighted by atomic mass is 16.2. The molecule has 3 aliphatic rings. The Morgan fingerprint density at radius 1 is 0.870 bits per heavy atom. The van der Waals surface area contributed by atoms with E-state index in [9.17, 15) is 14.4 Å². The van der Waals surface area contributed by atoms with E-state index in [4.69, 9.17) is 0 Å². The van der Waals surface area contributed by atoms with Gasteiger partial charge in [0.1, 0.15) is 0 Å². The van der Waals surface area contributed by atoms with Crippen molar-refractivity contribution >= 4 is 17.8 Å². The number of amides is 4. The van der Waals surface area contributed by atoms with Crippen LogP contribution in [0.3, 0.4) is 0 Å². The Morgan fingerprint density at radius 3 is 2.26 bits per heavy atom. The largest absolute Gasteiger partial charge is 0.352 e. The van der Waals surface area contributed by atoms with Crippen LogP contribution in [-0.4, -0.2) is 54.0 Å². The Labute approximate surface area is 136 Å². The van der Waals surface area contributed by atoms with E-state index in [0.717, 1.165) is 57.9 Å². The summed E-state index contributed by atoms with van der Waals surface area (Å²) in [6, 6.07) is -0.137. The molecule has 0 aromatic heterocycles. The Balaban J connectivity index is 1.42. The number of likely N-dealkylation sites (tertiary alicyclic amines) is 1. The van der Waals surface area contributed by atoms with Crippen LogP contribution in [-0.2, 0) is 9.59 Å². The van der Waals surface area contributed by atoms with Crippen molar-refractivity contribution < 1.29 is 14.4 Å². The molecule has 7 nitrogen and oxygen atoms in total. The van der Waals surface area contributed by atoms with Crippen molar-refractivity contribution in [2.75, 3.05) is 13.1 Å². The highest BCUT2D eigenvalue weighted by Gasteiger charge is 2.34. The molecule has 1 heterocycles. The number of nitrogens with zero attached hydrogens (tertiary/aromatic N) is 1. The molecule has 1 aliphatic heterocycles. The second-order valence-corrected chi connectivity index (χ2v) is 6.91. The van der Waals surface area contributed by atoms with Crippen LogP contribution in [0.1, 0.15) is 51.4 Å². The molecule has 1 saturated heterocycles. The lowest BCUT2D eigenvalue weighted by molar-refractivity contribution is -0.127. The molecule has 4 amide bonds. The van der Waals surface area contributed by atoms with Gasteiger partial charge in [0.15, 0.2) is 0 Å². The van der Waals surface area contributed by atoms with Gasteiger partial charge in [0.25, 0.3) is 0 Å². The number of hydrogen-bond donors (Lipinski definition) is 3. The molecule has 7 heteroatoms. The first-order valence-electron chi connectivity index (χ1n) is 8.76. The summed E-state index contributed by atoms with van der Waals surface area (Å²) in [7, 11) is 0. The van der Waals surface area contributed by atoms with Gasteiger partial charge in [0.05, 0.1) is 12.6 Å². The van der Waals surface area contributed by atoms with Crippen molar-refractivity contribution in [1.29, 1.82) is 0 Å². The zero-order valence-electron chi connectivity index (χ0n) is 13.5. The van der Waals surface area contributed by atoms with Gasteiger partial charge >= 0.3 is 6.03 Å². The van der Waals surface area contributed by atoms with Crippen LogP contribution in [0.4, 0.5) is 4.79 Å². The van der Waals surface area contributed by atoms with Crippen LogP contribution in [0.2, 0.25) is 0 Å². The molecule has 0 radical (unpaired) electrons. The average molecular weight is 322 g/mol. The summed E-state index contributed by atoms with van der Waals surface area (Å²) in [5.74, 6) is -0.320. The fraction of sp³-hybridized carbons (Fsp3) is 0.812. The van der Waals surface area contributed by atoms with Crippen LogP contribution in [0.5, 0.6) is 0 Å². The van der Waals surface area contributed by atoms with Gasteiger partial charge in [-0.2, -0.15) is 0 Å². The number of carbonyl (C=O) groups is 3. The molecule has 2 saturated carbocycles. The molecule has 3 N–H and O–H groups in total. The molecule has 23 heavy (non-hydrogen) atoms. The first-order chi connectivity index (χ1) is 11.1. The predicted octanol–water partition coefficient (Wildman–Crippen LogP) is 0.498. The standard InChI is InChI=1S/C16H26N4O3/c21-14(19-16(23)18-11-4-1-2-5-11)10-20-9-3-6-13(20)15(22)17-12-7-8-12/h11-13H,1-10H2,(H,17,22)(H2,18,19,21,23). The van der Waals surface area contributed by atoms with Gasteiger partial charge in [-0.1, -0.05) is 12.8 Å². The second kappa shape index (κ2) is 7.29. The van der Waals surface area contributed by atoms with Crippen LogP contribution in [0.15, 0.2) is 0 Å². The van der Waals surface area contributed by atoms with E-state index in [1.54, 1.807) is 0 Å². The SMILES string of the molecule is O=C(CN1CCCC1C(=O)NC1CC1)NC(=O)NC1CCCC1. The number of rotatable bonds is 5. The molecule has 0 bridgehead atoms. The third-order valence-corrected chi connectivity index (χ3v) is 4.88. The summed E-state index contributed by atoms with van der Waals surface area (Å²) in [4.78, 5) is 37.9. The van der Waals surface area contributed by atoms with Crippen LogP contribution < -0.4 is 16.0 Å². The normalized spacial score (nSPS) is 25.3. The van der Waals surface area contributed by atoms with E-state index < -0.39 is 6.03 Å². The maximum absolute atomic E-state index is 12.2. The summed E-state index contributed by atoms with van der Waals surface area (Å²) in [5, 5.41) is 8.21. The molecule has 0 aromatic rings. The summed E-state index contributed by atoms with van der Waals surface area (Å²) in [5.41, 5.74) is 0. The van der Waals surface area contributed by atoms with Crippen molar-refractivity contribution in [2.45, 2.75) is 69.5 Å². The number of imide groups is 1. The van der Waals surface area contributed by atoms with Gasteiger partial charge in [0, 0.05) is 12.1 Å². The summed E-state index contributed by atoms with van der Waals surface area (Å²) in [6.45, 7) is 0.821. The van der Waals surface area contributed by atoms with E-state index in [1.807, 2.05) is 4.90 Å². The van der Waals surface area contributed by atoms with Crippen molar-refractivity contribution in [3.05, 3.63) is 0 Å². The lowest BCUT2D eigenvalue weighted by Gasteiger charge is -2.23. The monoisotopic (exact) mass is 322 g/mol. The van der Waals surface area contributed by atoms with Gasteiger partial charge < -0.3 is 10.6 Å². The lowest BCUT2D eigenvalue weighted by Crippen LogP contribution is -2.50. The van der Waals surface area contributed by atoms with Crippen molar-refractivity contribution in [3.63, 3.8) is 0 Å². The Hall–Kier alpha value is -1.63. The number of carbonyl (C=O) groups excluding carboxylic acids is 3. The maximum Gasteiger partial charge on any atom is 0.321 e. The fourth-order valence-corrected chi connectivity index (χ4v) is 3.48. The number of hydrogen-bond acceptors (Lipinski definition) is 4. The van der Waals surface area contributed by atoms with E-state index >= 15 is 0 Å². The third-order valence-electron chi connectivity index (χ3n) is 4.88. The minimum Gasteiger partial charge on any atom is -0.352 e. The Bertz CT molecular complexity index is 472. The average Bonchev–Trinajstić information content (AvgIpc) is 2.98. The smallest absolute Gasteiger partial charge is 0.321 e. The molecular formula is C16H26N4O3. The van der Waals surface area contributed by atoms with Crippen LogP contribution in [0, 0.1) is 0 Å². The highest BCUT2D eigenvalue weighted by molar-refractivity contribution is 5.95. The lowest BCUT2D eigenvalue weighted by atomic mass is 10.2. The Morgan fingerprint density at radius 2 is 1.57 bits per heavy atom. The maximum atomic E-state index is 12.2. The molecule has 1 atom stereocenters. The minimum atomic E-state index is -0.417. The molecule has 3 fully saturated rings. The first-order valence-corrected chi connectivity index (χ1v) is 8.76. The zero-order chi connectivity index (χ0) is 16.2. The predicted molar refractivity (Wildman–Crippen MR) is 84.7 cm³/mol. The molecular weight excluding hydrogens is 296 g/mol. The van der Waals surface area contributed by atoms with Gasteiger partial charge in [0.2, 0.25) is 11.8 Å². The molecule has 0 spiro atoms. The second-order valence-electron chi connectivity index (χ2n) is 6.91. The Kier molecular flexibility index (Phi) is 5.15. The highest BCUT2D eigenvalue weighted by Crippen LogP contribution is 2.22. The van der Waals surface area contributed by atoms with Gasteiger partial charge in [-0.05, 0) is 45.1 Å². The van der Waals surface area contributed by atoms with Gasteiger partial charge in [-0.15, -0.1) is 0 Å². The molecule has 3 rings (SSSR count). The van der Waals surface area contributed by atoms with Crippen molar-refractivity contribution in [3.8, 4) is 0 Å². The van der Waals surface area contributed by atoms with Crippen molar-refractivity contribution in [1.82, 2.24) is 20.9 Å². The number of nitrogens with one attached hydrogen (secondary N) is 3. The van der Waals surface area contributed by atoms with E-state index in [0.29, 0.717) is 6.04 Å². The molecule has 2 aliphatic carbocycles. The molecule has 0 aromatic carbocycles. The summed E-state index contributed by atoms with van der Waals surface area (Å²) in [6.07, 6.45) is 8.02. The van der Waals surface area contributed by atoms with E-state index in [2.05, 4.69) is 16.0 Å². The zero-order valence-corrected chi connectivity index (χ0v) is 13.5. The first kappa shape index (κ1) is 16.2. The van der Waals surface area contributed by atoms with Crippen LogP contribution in [0.25, 0.3) is 0 Å². The van der Waals surface area contributed by atoms with Crippen molar-refractivity contribution in [2.24, 2.45) is 0 Å². The quantitative estimate of drug-likeness (QED) is 0.687. The minimum absolute atomic E-state index is 0.0215. The van der Waals surface area contributed by atoms with Gasteiger partial charge in [-0.3, -0.25) is 19.8 Å². The third kappa shape index (κ3) is 4.67.